The number of amidine groups is 1. The molecule has 5 heteroatoms. The van der Waals surface area contributed by atoms with E-state index in [4.69, 9.17) is 4.99 Å². The number of hydrazine groups is 1. The zero-order valence-corrected chi connectivity index (χ0v) is 12.6. The first-order valence-electron chi connectivity index (χ1n) is 7.21. The van der Waals surface area contributed by atoms with Crippen molar-refractivity contribution in [3.8, 4) is 0 Å². The van der Waals surface area contributed by atoms with Gasteiger partial charge in [0.25, 0.3) is 5.91 Å². The van der Waals surface area contributed by atoms with E-state index in [1.165, 1.54) is 5.56 Å². The normalized spacial score (nSPS) is 15.5. The van der Waals surface area contributed by atoms with Crippen LogP contribution in [-0.4, -0.2) is 22.3 Å². The zero-order valence-electron chi connectivity index (χ0n) is 12.6. The van der Waals surface area contributed by atoms with Gasteiger partial charge in [-0.3, -0.25) is 25.6 Å². The van der Waals surface area contributed by atoms with E-state index in [1.54, 1.807) is 24.4 Å². The van der Waals surface area contributed by atoms with Crippen molar-refractivity contribution in [3.63, 3.8) is 0 Å². The molecule has 2 aromatic rings. The van der Waals surface area contributed by atoms with E-state index in [2.05, 4.69) is 35.7 Å². The van der Waals surface area contributed by atoms with Gasteiger partial charge >= 0.3 is 0 Å². The standard InChI is InChI=1S/C17H18N4O/c1-17(2)11-12-7-3-4-8-13(12)15(19-17)20-21-16(22)14-9-5-6-10-18-14/h3-10H,11H2,1-2H3,(H,19,20)(H,21,22). The molecule has 112 valence electrons. The molecular weight excluding hydrogens is 276 g/mol. The molecule has 0 radical (unpaired) electrons. The average molecular weight is 294 g/mol. The average Bonchev–Trinajstić information content (AvgIpc) is 2.52. The molecule has 5 nitrogen and oxygen atoms in total. The molecule has 0 saturated carbocycles. The van der Waals surface area contributed by atoms with Gasteiger partial charge in [0, 0.05) is 11.8 Å². The van der Waals surface area contributed by atoms with Crippen LogP contribution < -0.4 is 10.9 Å². The number of nitrogens with one attached hydrogen (secondary N) is 2. The van der Waals surface area contributed by atoms with Crippen LogP contribution >= 0.6 is 0 Å². The van der Waals surface area contributed by atoms with Gasteiger partial charge in [0.05, 0.1) is 5.54 Å². The van der Waals surface area contributed by atoms with Crippen LogP contribution in [0.4, 0.5) is 0 Å². The third-order valence-corrected chi connectivity index (χ3v) is 3.50. The summed E-state index contributed by atoms with van der Waals surface area (Å²) >= 11 is 0. The van der Waals surface area contributed by atoms with Crippen LogP contribution in [0.3, 0.4) is 0 Å². The van der Waals surface area contributed by atoms with E-state index >= 15 is 0 Å². The molecule has 2 N–H and O–H groups in total. The fourth-order valence-electron chi connectivity index (χ4n) is 2.55. The number of rotatable bonds is 1. The first kappa shape index (κ1) is 14.3. The maximum Gasteiger partial charge on any atom is 0.288 e. The molecule has 1 aromatic heterocycles. The van der Waals surface area contributed by atoms with Gasteiger partial charge in [-0.15, -0.1) is 0 Å². The van der Waals surface area contributed by atoms with Gasteiger partial charge in [0.2, 0.25) is 0 Å². The zero-order chi connectivity index (χ0) is 15.6. The van der Waals surface area contributed by atoms with E-state index in [9.17, 15) is 4.79 Å². The Morgan fingerprint density at radius 1 is 1.14 bits per heavy atom. The number of hydrogen-bond donors (Lipinski definition) is 2. The van der Waals surface area contributed by atoms with E-state index in [1.807, 2.05) is 18.2 Å². The molecule has 1 aliphatic rings. The van der Waals surface area contributed by atoms with Crippen molar-refractivity contribution in [2.24, 2.45) is 4.99 Å². The highest BCUT2D eigenvalue weighted by atomic mass is 16.2. The molecule has 0 atom stereocenters. The number of aromatic nitrogens is 1. The third-order valence-electron chi connectivity index (χ3n) is 3.50. The van der Waals surface area contributed by atoms with E-state index < -0.39 is 0 Å². The van der Waals surface area contributed by atoms with Crippen molar-refractivity contribution in [1.82, 2.24) is 15.8 Å². The van der Waals surface area contributed by atoms with Crippen LogP contribution in [0.15, 0.2) is 53.7 Å². The second-order valence-electron chi connectivity index (χ2n) is 5.90. The maximum absolute atomic E-state index is 12.1. The number of hydrogen-bond acceptors (Lipinski definition) is 4. The number of benzene rings is 1. The van der Waals surface area contributed by atoms with Crippen LogP contribution in [-0.2, 0) is 6.42 Å². The summed E-state index contributed by atoms with van der Waals surface area (Å²) in [7, 11) is 0. The predicted octanol–water partition coefficient (Wildman–Crippen LogP) is 2.10. The number of pyridine rings is 1. The Hall–Kier alpha value is -2.69. The Morgan fingerprint density at radius 2 is 1.91 bits per heavy atom. The lowest BCUT2D eigenvalue weighted by Gasteiger charge is -2.29. The van der Waals surface area contributed by atoms with Gasteiger partial charge in [-0.2, -0.15) is 0 Å². The lowest BCUT2D eigenvalue weighted by atomic mass is 9.89. The van der Waals surface area contributed by atoms with Crippen LogP contribution in [0.2, 0.25) is 0 Å². The highest BCUT2D eigenvalue weighted by molar-refractivity contribution is 6.03. The minimum atomic E-state index is -0.288. The Labute approximate surface area is 129 Å². The number of fused-ring (bicyclic) bond motifs is 1. The first-order chi connectivity index (χ1) is 10.6. The van der Waals surface area contributed by atoms with Gasteiger partial charge in [0.15, 0.2) is 0 Å². The summed E-state index contributed by atoms with van der Waals surface area (Å²) in [5.74, 6) is 0.389. The quantitative estimate of drug-likeness (QED) is 0.792. The molecule has 0 spiro atoms. The second kappa shape index (κ2) is 5.60. The molecule has 3 rings (SSSR count). The lowest BCUT2D eigenvalue weighted by molar-refractivity contribution is 0.0938. The number of carbonyl (C=O) groups is 1. The molecule has 22 heavy (non-hydrogen) atoms. The summed E-state index contributed by atoms with van der Waals surface area (Å²) in [6.07, 6.45) is 2.47. The summed E-state index contributed by atoms with van der Waals surface area (Å²) in [6.45, 7) is 4.15. The fraction of sp³-hybridized carbons (Fsp3) is 0.235. The summed E-state index contributed by atoms with van der Waals surface area (Å²) in [6, 6.07) is 13.3. The second-order valence-corrected chi connectivity index (χ2v) is 5.90. The smallest absolute Gasteiger partial charge is 0.281 e. The number of carbonyl (C=O) groups excluding carboxylic acids is 1. The van der Waals surface area contributed by atoms with Gasteiger partial charge in [-0.25, -0.2) is 0 Å². The molecule has 0 unspecified atom stereocenters. The van der Waals surface area contributed by atoms with Crippen molar-refractivity contribution in [3.05, 3.63) is 65.5 Å². The van der Waals surface area contributed by atoms with E-state index in [-0.39, 0.29) is 11.4 Å². The lowest BCUT2D eigenvalue weighted by Crippen LogP contribution is -2.45. The largest absolute Gasteiger partial charge is 0.288 e. The molecule has 2 heterocycles. The SMILES string of the molecule is CC1(C)Cc2ccccc2C(NNC(=O)c2ccccn2)=N1. The van der Waals surface area contributed by atoms with Crippen LogP contribution in [0, 0.1) is 0 Å². The van der Waals surface area contributed by atoms with Crippen LogP contribution in [0.1, 0.15) is 35.5 Å². The molecule has 0 aliphatic carbocycles. The maximum atomic E-state index is 12.1. The molecule has 1 aromatic carbocycles. The molecule has 0 bridgehead atoms. The van der Waals surface area contributed by atoms with Crippen molar-refractivity contribution in [2.75, 3.05) is 0 Å². The molecule has 1 aliphatic heterocycles. The van der Waals surface area contributed by atoms with Crippen molar-refractivity contribution in [2.45, 2.75) is 25.8 Å². The van der Waals surface area contributed by atoms with E-state index in [0.717, 1.165) is 12.0 Å². The van der Waals surface area contributed by atoms with Gasteiger partial charge in [-0.1, -0.05) is 30.3 Å². The van der Waals surface area contributed by atoms with Gasteiger partial charge < -0.3 is 0 Å². The number of aliphatic imine (C=N–C) groups is 1. The number of amides is 1. The fourth-order valence-corrected chi connectivity index (χ4v) is 2.55. The summed E-state index contributed by atoms with van der Waals surface area (Å²) in [5, 5.41) is 0. The Balaban J connectivity index is 1.79. The highest BCUT2D eigenvalue weighted by Gasteiger charge is 2.26. The van der Waals surface area contributed by atoms with Crippen LogP contribution in [0.25, 0.3) is 0 Å². The van der Waals surface area contributed by atoms with Crippen molar-refractivity contribution >= 4 is 11.7 Å². The molecule has 0 saturated heterocycles. The summed E-state index contributed by atoms with van der Waals surface area (Å²) in [4.78, 5) is 20.8. The van der Waals surface area contributed by atoms with Crippen LogP contribution in [0.5, 0.6) is 0 Å². The number of nitrogens with zero attached hydrogens (tertiary/aromatic N) is 2. The predicted molar refractivity (Wildman–Crippen MR) is 85.6 cm³/mol. The molecule has 0 fully saturated rings. The molecular formula is C17H18N4O. The topological polar surface area (TPSA) is 66.4 Å². The summed E-state index contributed by atoms with van der Waals surface area (Å²) in [5.41, 5.74) is 8.00. The van der Waals surface area contributed by atoms with Gasteiger partial charge in [0.1, 0.15) is 11.5 Å². The van der Waals surface area contributed by atoms with Crippen molar-refractivity contribution < 1.29 is 4.79 Å². The Bertz CT molecular complexity index is 722. The summed E-state index contributed by atoms with van der Waals surface area (Å²) < 4.78 is 0. The van der Waals surface area contributed by atoms with E-state index in [0.29, 0.717) is 11.5 Å². The van der Waals surface area contributed by atoms with Gasteiger partial charge in [-0.05, 0) is 38.0 Å². The van der Waals surface area contributed by atoms with Crippen molar-refractivity contribution in [1.29, 1.82) is 0 Å². The highest BCUT2D eigenvalue weighted by Crippen LogP contribution is 2.25. The molecule has 1 amide bonds. The Morgan fingerprint density at radius 3 is 2.68 bits per heavy atom. The Kier molecular flexibility index (Phi) is 3.63. The minimum Gasteiger partial charge on any atom is -0.281 e. The monoisotopic (exact) mass is 294 g/mol. The third kappa shape index (κ3) is 2.98. The first-order valence-corrected chi connectivity index (χ1v) is 7.21. The minimum absolute atomic E-state index is 0.202.